The van der Waals surface area contributed by atoms with E-state index in [0.717, 1.165) is 13.8 Å². The molecular weight excluding hydrogens is 485 g/mol. The normalized spacial score (nSPS) is 14.9. The van der Waals surface area contributed by atoms with E-state index in [-0.39, 0.29) is 16.4 Å². The van der Waals surface area contributed by atoms with Crippen LogP contribution in [0.25, 0.3) is 0 Å². The van der Waals surface area contributed by atoms with Gasteiger partial charge in [0, 0.05) is 37.2 Å². The summed E-state index contributed by atoms with van der Waals surface area (Å²) in [4.78, 5) is 25.8. The first-order chi connectivity index (χ1) is 17.1. The van der Waals surface area contributed by atoms with Gasteiger partial charge >= 0.3 is 6.82 Å². The Morgan fingerprint density at radius 1 is 0.861 bits per heavy atom. The summed E-state index contributed by atoms with van der Waals surface area (Å²) in [6, 6.07) is 23.0. The smallest absolute Gasteiger partial charge is 0.573 e. The van der Waals surface area contributed by atoms with E-state index in [2.05, 4.69) is 10.2 Å². The van der Waals surface area contributed by atoms with E-state index >= 15 is 0 Å². The minimum Gasteiger partial charge on any atom is -0.573 e. The van der Waals surface area contributed by atoms with Crippen molar-refractivity contribution in [1.29, 1.82) is 0 Å². The second kappa shape index (κ2) is 9.72. The fraction of sp³-hybridized carbons (Fsp3) is 0.0870. The standard InChI is InChI=1S/C23H22BN5O6S/c1-17(30)34-24(35-18(2)31)28(20-11-7-4-8-12-20)26-23(19-9-5-3-6-10-19)27-29(24)21-13-15-22(16-14-21)36(25,32)33/h3-16H,1-2H3,(H2,25,32,33). The highest BCUT2D eigenvalue weighted by Gasteiger charge is 2.62. The number of azo groups is 1. The lowest BCUT2D eigenvalue weighted by Crippen LogP contribution is -2.66. The topological polar surface area (TPSA) is 144 Å². The Morgan fingerprint density at radius 3 is 1.89 bits per heavy atom. The van der Waals surface area contributed by atoms with Crippen LogP contribution in [0.4, 0.5) is 11.4 Å². The van der Waals surface area contributed by atoms with Crippen LogP contribution in [0.3, 0.4) is 0 Å². The summed E-state index contributed by atoms with van der Waals surface area (Å²) < 4.78 is 36.2. The fourth-order valence-electron chi connectivity index (χ4n) is 3.69. The molecule has 1 aliphatic heterocycles. The number of hydrazone groups is 1. The van der Waals surface area contributed by atoms with Crippen molar-refractivity contribution in [2.24, 2.45) is 15.4 Å². The lowest BCUT2D eigenvalue weighted by Gasteiger charge is -2.41. The first-order valence-corrected chi connectivity index (χ1v) is 12.3. The molecule has 36 heavy (non-hydrogen) atoms. The van der Waals surface area contributed by atoms with Gasteiger partial charge in [-0.25, -0.2) is 13.6 Å². The predicted molar refractivity (Wildman–Crippen MR) is 131 cm³/mol. The third-order valence-electron chi connectivity index (χ3n) is 5.14. The van der Waals surface area contributed by atoms with Crippen LogP contribution in [0.5, 0.6) is 0 Å². The number of nitrogens with zero attached hydrogens (tertiary/aromatic N) is 4. The molecule has 0 bridgehead atoms. The largest absolute Gasteiger partial charge is 0.824 e. The number of nitrogens with two attached hydrogens (primary N) is 1. The van der Waals surface area contributed by atoms with Gasteiger partial charge in [0.1, 0.15) is 0 Å². The predicted octanol–water partition coefficient (Wildman–Crippen LogP) is 2.87. The van der Waals surface area contributed by atoms with Crippen molar-refractivity contribution in [3.8, 4) is 0 Å². The lowest BCUT2D eigenvalue weighted by molar-refractivity contribution is -0.413. The van der Waals surface area contributed by atoms with Crippen LogP contribution in [-0.2, 0) is 28.9 Å². The second-order valence-corrected chi connectivity index (χ2v) is 9.37. The van der Waals surface area contributed by atoms with Crippen molar-refractivity contribution in [2.75, 3.05) is 4.92 Å². The maximum absolute atomic E-state index is 12.4. The maximum atomic E-state index is 12.4. The number of benzene rings is 3. The minimum absolute atomic E-state index is 0.141. The summed E-state index contributed by atoms with van der Waals surface area (Å²) in [7, 11) is -3.97. The van der Waals surface area contributed by atoms with Gasteiger partial charge in [0.15, 0.2) is 5.69 Å². The molecule has 13 heteroatoms. The van der Waals surface area contributed by atoms with Gasteiger partial charge in [-0.05, 0) is 29.4 Å². The summed E-state index contributed by atoms with van der Waals surface area (Å²) >= 11 is 0. The molecule has 0 saturated carbocycles. The van der Waals surface area contributed by atoms with Crippen LogP contribution in [-0.4, -0.2) is 37.6 Å². The minimum atomic E-state index is -3.97. The average Bonchev–Trinajstić information content (AvgIpc) is 2.84. The Balaban J connectivity index is 2.02. The van der Waals surface area contributed by atoms with E-state index in [1.807, 2.05) is 6.07 Å². The number of carbonyl (C=O) groups is 2. The third kappa shape index (κ3) is 5.01. The Kier molecular flexibility index (Phi) is 6.68. The summed E-state index contributed by atoms with van der Waals surface area (Å²) in [6.45, 7) is -0.912. The van der Waals surface area contributed by atoms with Gasteiger partial charge in [0.05, 0.1) is 4.90 Å². The fourth-order valence-corrected chi connectivity index (χ4v) is 4.21. The summed E-state index contributed by atoms with van der Waals surface area (Å²) in [5, 5.41) is 14.4. The molecule has 0 saturated heterocycles. The molecule has 0 amide bonds. The van der Waals surface area contributed by atoms with Crippen LogP contribution >= 0.6 is 0 Å². The van der Waals surface area contributed by atoms with Crippen molar-refractivity contribution >= 4 is 46.0 Å². The van der Waals surface area contributed by atoms with Gasteiger partial charge in [-0.2, -0.15) is 9.71 Å². The molecule has 4 rings (SSSR count). The van der Waals surface area contributed by atoms with Crippen molar-refractivity contribution in [3.05, 3.63) is 90.5 Å². The Bertz CT molecular complexity index is 1450. The van der Waals surface area contributed by atoms with Crippen LogP contribution in [0.1, 0.15) is 19.4 Å². The zero-order valence-corrected chi connectivity index (χ0v) is 20.2. The van der Waals surface area contributed by atoms with Crippen molar-refractivity contribution in [3.63, 3.8) is 0 Å². The van der Waals surface area contributed by atoms with Gasteiger partial charge in [-0.15, -0.1) is 0 Å². The number of hydrogen-bond acceptors (Lipinski definition) is 9. The average molecular weight is 507 g/mol. The molecule has 0 spiro atoms. The maximum Gasteiger partial charge on any atom is 0.824 e. The van der Waals surface area contributed by atoms with Gasteiger partial charge < -0.3 is 9.31 Å². The SMILES string of the molecule is CC(=O)O[B-]1(OC(C)=O)N(c2ccccc2)N=C(c2ccccc2)N=[N+]1c1ccc(S(N)(=O)=O)cc1. The van der Waals surface area contributed by atoms with Crippen LogP contribution < -0.4 is 10.1 Å². The highest BCUT2D eigenvalue weighted by Crippen LogP contribution is 2.34. The molecule has 0 radical (unpaired) electrons. The first kappa shape index (κ1) is 24.8. The van der Waals surface area contributed by atoms with E-state index in [4.69, 9.17) is 14.4 Å². The molecule has 3 aromatic carbocycles. The molecule has 11 nitrogen and oxygen atoms in total. The highest BCUT2D eigenvalue weighted by atomic mass is 32.2. The van der Waals surface area contributed by atoms with Gasteiger partial charge in [-0.3, -0.25) is 14.5 Å². The highest BCUT2D eigenvalue weighted by molar-refractivity contribution is 7.89. The number of hydrogen-bond donors (Lipinski definition) is 1. The van der Waals surface area contributed by atoms with E-state index in [0.29, 0.717) is 11.3 Å². The Morgan fingerprint density at radius 2 is 1.39 bits per heavy atom. The first-order valence-electron chi connectivity index (χ1n) is 10.8. The number of anilines is 1. The molecular formula is C23H22BN5O6S. The number of carbonyl (C=O) groups excluding carboxylic acids is 2. The summed E-state index contributed by atoms with van der Waals surface area (Å²) in [5.74, 6) is -1.32. The van der Waals surface area contributed by atoms with Gasteiger partial charge in [0.2, 0.25) is 15.9 Å². The van der Waals surface area contributed by atoms with E-state index < -0.39 is 28.8 Å². The zero-order chi connectivity index (χ0) is 25.9. The lowest BCUT2D eigenvalue weighted by atomic mass is 9.83. The zero-order valence-electron chi connectivity index (χ0n) is 19.4. The summed E-state index contributed by atoms with van der Waals surface area (Å²) in [6.07, 6.45) is 0. The number of sulfonamides is 1. The van der Waals surface area contributed by atoms with Crippen LogP contribution in [0.2, 0.25) is 0 Å². The van der Waals surface area contributed by atoms with E-state index in [9.17, 15) is 18.0 Å². The molecule has 3 aromatic rings. The number of amidine groups is 1. The molecule has 1 aliphatic rings. The second-order valence-electron chi connectivity index (χ2n) is 7.81. The molecule has 0 aromatic heterocycles. The van der Waals surface area contributed by atoms with Crippen molar-refractivity contribution in [2.45, 2.75) is 18.7 Å². The quantitative estimate of drug-likeness (QED) is 0.505. The molecule has 1 heterocycles. The number of rotatable bonds is 6. The third-order valence-corrected chi connectivity index (χ3v) is 6.07. The molecule has 0 fully saturated rings. The molecule has 184 valence electrons. The summed E-state index contributed by atoms with van der Waals surface area (Å²) in [5.41, 5.74) is 1.31. The van der Waals surface area contributed by atoms with Crippen LogP contribution in [0, 0.1) is 0 Å². The molecule has 2 N–H and O–H groups in total. The van der Waals surface area contributed by atoms with Gasteiger partial charge in [0.25, 0.3) is 11.9 Å². The van der Waals surface area contributed by atoms with Crippen molar-refractivity contribution in [1.82, 2.24) is 0 Å². The number of primary sulfonamides is 1. The monoisotopic (exact) mass is 507 g/mol. The Hall–Kier alpha value is -4.36. The van der Waals surface area contributed by atoms with Crippen LogP contribution in [0.15, 0.2) is 100 Å². The Labute approximate surface area is 207 Å². The molecule has 0 unspecified atom stereocenters. The molecule has 0 aliphatic carbocycles. The molecule has 0 atom stereocenters. The van der Waals surface area contributed by atoms with Crippen molar-refractivity contribution < 1.29 is 31.9 Å². The van der Waals surface area contributed by atoms with Gasteiger partial charge in [-0.1, -0.05) is 48.5 Å². The number of para-hydroxylation sites is 1. The van der Waals surface area contributed by atoms with E-state index in [1.165, 1.54) is 33.8 Å². The van der Waals surface area contributed by atoms with E-state index in [1.54, 1.807) is 54.6 Å².